The van der Waals surface area contributed by atoms with Gasteiger partial charge in [0, 0.05) is 13.1 Å². The number of ether oxygens (including phenoxy) is 1. The second-order valence-corrected chi connectivity index (χ2v) is 5.68. The molecule has 2 saturated heterocycles. The van der Waals surface area contributed by atoms with Crippen molar-refractivity contribution in [3.8, 4) is 0 Å². The highest BCUT2D eigenvalue weighted by Crippen LogP contribution is 2.28. The van der Waals surface area contributed by atoms with E-state index in [1.807, 2.05) is 0 Å². The maximum Gasteiger partial charge on any atom is 0.338 e. The van der Waals surface area contributed by atoms with Crippen LogP contribution in [0.2, 0.25) is 0 Å². The fourth-order valence-corrected chi connectivity index (χ4v) is 3.30. The summed E-state index contributed by atoms with van der Waals surface area (Å²) in [6.07, 6.45) is 2.25. The minimum atomic E-state index is -1.03. The molecular formula is C12H14N2O4S. The lowest BCUT2D eigenvalue weighted by Gasteiger charge is -2.31. The van der Waals surface area contributed by atoms with Crippen LogP contribution in [-0.4, -0.2) is 47.3 Å². The fraction of sp³-hybridized carbons (Fsp3) is 0.500. The van der Waals surface area contributed by atoms with Gasteiger partial charge in [0.25, 0.3) is 0 Å². The van der Waals surface area contributed by atoms with Gasteiger partial charge in [0.05, 0.1) is 17.8 Å². The number of nitrogens with zero attached hydrogens (tertiary/aromatic N) is 1. The highest BCUT2D eigenvalue weighted by atomic mass is 32.1. The number of amides is 2. The van der Waals surface area contributed by atoms with Crippen molar-refractivity contribution in [1.82, 2.24) is 4.90 Å². The molecule has 2 amide bonds. The Kier molecular flexibility index (Phi) is 3.16. The average Bonchev–Trinajstić information content (AvgIpc) is 2.96. The molecule has 7 heteroatoms. The van der Waals surface area contributed by atoms with Gasteiger partial charge in [0.2, 0.25) is 0 Å². The van der Waals surface area contributed by atoms with Gasteiger partial charge in [-0.25, -0.2) is 9.59 Å². The average molecular weight is 282 g/mol. The summed E-state index contributed by atoms with van der Waals surface area (Å²) in [5, 5.41) is 13.7. The third-order valence-electron chi connectivity index (χ3n) is 3.45. The number of rotatable bonds is 2. The van der Waals surface area contributed by atoms with E-state index in [9.17, 15) is 9.59 Å². The first-order valence-corrected chi connectivity index (χ1v) is 7.03. The maximum atomic E-state index is 12.1. The van der Waals surface area contributed by atoms with Crippen molar-refractivity contribution >= 4 is 28.3 Å². The van der Waals surface area contributed by atoms with Crippen molar-refractivity contribution in [3.63, 3.8) is 0 Å². The molecule has 2 N–H and O–H groups in total. The van der Waals surface area contributed by atoms with Crippen LogP contribution in [0.1, 0.15) is 23.2 Å². The van der Waals surface area contributed by atoms with Crippen molar-refractivity contribution in [1.29, 1.82) is 0 Å². The van der Waals surface area contributed by atoms with Gasteiger partial charge in [-0.15, -0.1) is 11.3 Å². The molecule has 102 valence electrons. The molecule has 2 fully saturated rings. The Morgan fingerprint density at radius 3 is 2.68 bits per heavy atom. The van der Waals surface area contributed by atoms with Crippen LogP contribution in [-0.2, 0) is 4.74 Å². The summed E-state index contributed by atoms with van der Waals surface area (Å²) in [7, 11) is 0. The van der Waals surface area contributed by atoms with E-state index in [-0.39, 0.29) is 23.8 Å². The van der Waals surface area contributed by atoms with Crippen molar-refractivity contribution in [2.75, 3.05) is 18.4 Å². The number of hydrogen-bond donors (Lipinski definition) is 2. The van der Waals surface area contributed by atoms with Gasteiger partial charge in [-0.1, -0.05) is 0 Å². The van der Waals surface area contributed by atoms with Gasteiger partial charge in [-0.3, -0.25) is 5.32 Å². The Bertz CT molecular complexity index is 504. The van der Waals surface area contributed by atoms with E-state index in [0.29, 0.717) is 18.1 Å². The number of carboxylic acid groups (broad SMARTS) is 1. The number of thiophene rings is 1. The number of anilines is 1. The lowest BCUT2D eigenvalue weighted by Crippen LogP contribution is -2.47. The topological polar surface area (TPSA) is 78.9 Å². The van der Waals surface area contributed by atoms with Crippen LogP contribution >= 0.6 is 11.3 Å². The van der Waals surface area contributed by atoms with Crippen LogP contribution < -0.4 is 5.32 Å². The van der Waals surface area contributed by atoms with Gasteiger partial charge < -0.3 is 14.7 Å². The largest absolute Gasteiger partial charge is 0.478 e. The zero-order valence-electron chi connectivity index (χ0n) is 10.2. The minimum Gasteiger partial charge on any atom is -0.478 e. The molecule has 1 aromatic heterocycles. The third-order valence-corrected chi connectivity index (χ3v) is 4.28. The number of hydrogen-bond acceptors (Lipinski definition) is 4. The van der Waals surface area contributed by atoms with Crippen molar-refractivity contribution in [3.05, 3.63) is 17.0 Å². The first-order valence-electron chi connectivity index (χ1n) is 6.15. The molecule has 2 atom stereocenters. The van der Waals surface area contributed by atoms with Crippen molar-refractivity contribution in [2.24, 2.45) is 0 Å². The summed E-state index contributed by atoms with van der Waals surface area (Å²) in [6, 6.07) is 1.25. The number of carbonyl (C=O) groups is 2. The van der Waals surface area contributed by atoms with E-state index >= 15 is 0 Å². The molecule has 0 spiro atoms. The molecule has 3 heterocycles. The molecule has 0 radical (unpaired) electrons. The molecule has 2 unspecified atom stereocenters. The number of carboxylic acids is 1. The first-order chi connectivity index (χ1) is 9.13. The number of morpholine rings is 1. The Hall–Kier alpha value is -1.60. The summed E-state index contributed by atoms with van der Waals surface area (Å²) in [6.45, 7) is 1.16. The highest BCUT2D eigenvalue weighted by Gasteiger charge is 2.36. The number of carbonyl (C=O) groups excluding carboxylic acids is 1. The molecule has 0 aliphatic carbocycles. The molecule has 19 heavy (non-hydrogen) atoms. The Balaban J connectivity index is 1.68. The Morgan fingerprint density at radius 1 is 1.37 bits per heavy atom. The predicted molar refractivity (Wildman–Crippen MR) is 69.8 cm³/mol. The van der Waals surface area contributed by atoms with Crippen LogP contribution in [0.25, 0.3) is 0 Å². The van der Waals surface area contributed by atoms with Crippen molar-refractivity contribution in [2.45, 2.75) is 25.0 Å². The van der Waals surface area contributed by atoms with Gasteiger partial charge in [-0.05, 0) is 24.3 Å². The van der Waals surface area contributed by atoms with E-state index in [2.05, 4.69) is 5.32 Å². The lowest BCUT2D eigenvalue weighted by molar-refractivity contribution is -0.0219. The zero-order chi connectivity index (χ0) is 13.4. The van der Waals surface area contributed by atoms with Gasteiger partial charge >= 0.3 is 12.0 Å². The third kappa shape index (κ3) is 2.43. The summed E-state index contributed by atoms with van der Waals surface area (Å²) < 4.78 is 5.66. The maximum absolute atomic E-state index is 12.1. The van der Waals surface area contributed by atoms with Crippen LogP contribution in [0.5, 0.6) is 0 Å². The summed E-state index contributed by atoms with van der Waals surface area (Å²) >= 11 is 1.22. The lowest BCUT2D eigenvalue weighted by atomic mass is 10.2. The molecule has 0 aromatic carbocycles. The molecule has 0 saturated carbocycles. The minimum absolute atomic E-state index is 0.131. The Morgan fingerprint density at radius 2 is 2.05 bits per heavy atom. The molecule has 2 aliphatic heterocycles. The monoisotopic (exact) mass is 282 g/mol. The first kappa shape index (κ1) is 12.4. The van der Waals surface area contributed by atoms with E-state index < -0.39 is 5.97 Å². The van der Waals surface area contributed by atoms with E-state index in [4.69, 9.17) is 9.84 Å². The van der Waals surface area contributed by atoms with E-state index in [1.54, 1.807) is 10.3 Å². The standard InChI is InChI=1S/C12H14N2O4S/c15-11(16)9-3-4-19-10(9)13-12(17)14-5-7-1-2-8(6-14)18-7/h3-4,7-8H,1-2,5-6H2,(H,13,17)(H,15,16). The summed E-state index contributed by atoms with van der Waals surface area (Å²) in [5.74, 6) is -1.03. The Labute approximate surface area is 114 Å². The van der Waals surface area contributed by atoms with Gasteiger partial charge in [0.1, 0.15) is 5.00 Å². The van der Waals surface area contributed by atoms with Crippen LogP contribution in [0.4, 0.5) is 9.80 Å². The molecule has 3 rings (SSSR count). The molecule has 2 bridgehead atoms. The molecule has 2 aliphatic rings. The van der Waals surface area contributed by atoms with Crippen molar-refractivity contribution < 1.29 is 19.4 Å². The number of aromatic carboxylic acids is 1. The molecule has 6 nitrogen and oxygen atoms in total. The fourth-order valence-electron chi connectivity index (χ4n) is 2.53. The number of nitrogens with one attached hydrogen (secondary N) is 1. The van der Waals surface area contributed by atoms with E-state index in [1.165, 1.54) is 17.4 Å². The molecule has 1 aromatic rings. The van der Waals surface area contributed by atoms with Crippen LogP contribution in [0.3, 0.4) is 0 Å². The number of likely N-dealkylation sites (tertiary alicyclic amines) is 1. The highest BCUT2D eigenvalue weighted by molar-refractivity contribution is 7.14. The van der Waals surface area contributed by atoms with Gasteiger partial charge in [-0.2, -0.15) is 0 Å². The second-order valence-electron chi connectivity index (χ2n) is 4.76. The van der Waals surface area contributed by atoms with E-state index in [0.717, 1.165) is 12.8 Å². The quantitative estimate of drug-likeness (QED) is 0.867. The summed E-state index contributed by atoms with van der Waals surface area (Å²) in [4.78, 5) is 24.8. The van der Waals surface area contributed by atoms with Crippen LogP contribution in [0, 0.1) is 0 Å². The zero-order valence-corrected chi connectivity index (χ0v) is 11.0. The van der Waals surface area contributed by atoms with Gasteiger partial charge in [0.15, 0.2) is 0 Å². The SMILES string of the molecule is O=C(O)c1ccsc1NC(=O)N1CC2CCC(C1)O2. The second kappa shape index (κ2) is 4.82. The normalized spacial score (nSPS) is 25.4. The van der Waals surface area contributed by atoms with Crippen LogP contribution in [0.15, 0.2) is 11.4 Å². The summed E-state index contributed by atoms with van der Waals surface area (Å²) in [5.41, 5.74) is 0.134. The number of urea groups is 1. The predicted octanol–water partition coefficient (Wildman–Crippen LogP) is 1.84. The molecular weight excluding hydrogens is 268 g/mol. The smallest absolute Gasteiger partial charge is 0.338 e. The number of fused-ring (bicyclic) bond motifs is 2.